The molecule has 0 aliphatic carbocycles. The van der Waals surface area contributed by atoms with Crippen molar-refractivity contribution >= 4 is 45.3 Å². The number of nitro benzene ring substituents is 1. The van der Waals surface area contributed by atoms with E-state index >= 15 is 0 Å². The first-order valence-electron chi connectivity index (χ1n) is 6.00. The molecule has 0 unspecified atom stereocenters. The zero-order valence-corrected chi connectivity index (χ0v) is 13.3. The van der Waals surface area contributed by atoms with E-state index in [-0.39, 0.29) is 5.69 Å². The summed E-state index contributed by atoms with van der Waals surface area (Å²) in [6.45, 7) is 0. The number of rotatable bonds is 4. The molecule has 0 spiro atoms. The third kappa shape index (κ3) is 4.12. The van der Waals surface area contributed by atoms with E-state index in [0.29, 0.717) is 16.1 Å². The van der Waals surface area contributed by atoms with Crippen molar-refractivity contribution < 1.29 is 9.72 Å². The average Bonchev–Trinajstić information content (AvgIpc) is 2.48. The quantitative estimate of drug-likeness (QED) is 0.496. The molecule has 0 atom stereocenters. The lowest BCUT2D eigenvalue weighted by atomic mass is 10.2. The van der Waals surface area contributed by atoms with Gasteiger partial charge in [0.05, 0.1) is 11.1 Å². The van der Waals surface area contributed by atoms with E-state index in [9.17, 15) is 14.9 Å². The number of nitrogens with zero attached hydrogens (tertiary/aromatic N) is 2. The number of non-ortho nitro benzene ring substituents is 1. The maximum absolute atomic E-state index is 11.9. The van der Waals surface area contributed by atoms with Gasteiger partial charge in [-0.2, -0.15) is 5.10 Å². The molecule has 2 aromatic rings. The van der Waals surface area contributed by atoms with E-state index in [4.69, 9.17) is 11.6 Å². The highest BCUT2D eigenvalue weighted by Crippen LogP contribution is 2.20. The van der Waals surface area contributed by atoms with Gasteiger partial charge < -0.3 is 0 Å². The summed E-state index contributed by atoms with van der Waals surface area (Å²) in [7, 11) is 0. The summed E-state index contributed by atoms with van der Waals surface area (Å²) in [6.07, 6.45) is 1.26. The lowest BCUT2D eigenvalue weighted by Gasteiger charge is -2.01. The maximum atomic E-state index is 11.9. The Morgan fingerprint density at radius 3 is 2.77 bits per heavy atom. The maximum Gasteiger partial charge on any atom is 0.271 e. The molecule has 6 nitrogen and oxygen atoms in total. The summed E-state index contributed by atoms with van der Waals surface area (Å²) in [6, 6.07) is 10.8. The van der Waals surface area contributed by atoms with Crippen molar-refractivity contribution in [2.24, 2.45) is 5.10 Å². The second-order valence-corrected chi connectivity index (χ2v) is 5.50. The zero-order valence-electron chi connectivity index (χ0n) is 11.0. The van der Waals surface area contributed by atoms with Crippen LogP contribution in [0.1, 0.15) is 15.9 Å². The zero-order chi connectivity index (χ0) is 16.1. The minimum absolute atomic E-state index is 0.107. The SMILES string of the molecule is O=C(NN=Cc1cc([N+](=O)[O-])ccc1Cl)c1cccc(Br)c1. The highest BCUT2D eigenvalue weighted by Gasteiger charge is 2.08. The Balaban J connectivity index is 2.11. The highest BCUT2D eigenvalue weighted by atomic mass is 79.9. The predicted octanol–water partition coefficient (Wildman–Crippen LogP) is 3.77. The van der Waals surface area contributed by atoms with Crippen molar-refractivity contribution in [3.63, 3.8) is 0 Å². The van der Waals surface area contributed by atoms with E-state index in [1.54, 1.807) is 24.3 Å². The number of hydrogen-bond acceptors (Lipinski definition) is 4. The van der Waals surface area contributed by atoms with Gasteiger partial charge in [0.1, 0.15) is 0 Å². The second-order valence-electron chi connectivity index (χ2n) is 4.17. The Hall–Kier alpha value is -2.25. The van der Waals surface area contributed by atoms with E-state index in [2.05, 4.69) is 26.5 Å². The van der Waals surface area contributed by atoms with Crippen LogP contribution >= 0.6 is 27.5 Å². The smallest absolute Gasteiger partial charge is 0.267 e. The summed E-state index contributed by atoms with van der Waals surface area (Å²) in [5.41, 5.74) is 2.99. The molecule has 1 amide bonds. The third-order valence-electron chi connectivity index (χ3n) is 2.65. The van der Waals surface area contributed by atoms with Gasteiger partial charge in [0.2, 0.25) is 0 Å². The van der Waals surface area contributed by atoms with Gasteiger partial charge in [0, 0.05) is 32.8 Å². The number of nitro groups is 1. The van der Waals surface area contributed by atoms with Crippen LogP contribution in [0.15, 0.2) is 52.0 Å². The molecular weight excluding hydrogens is 374 g/mol. The van der Waals surface area contributed by atoms with Crippen LogP contribution in [0.3, 0.4) is 0 Å². The second kappa shape index (κ2) is 7.15. The molecule has 0 radical (unpaired) electrons. The minimum atomic E-state index is -0.534. The van der Waals surface area contributed by atoms with Crippen molar-refractivity contribution in [3.8, 4) is 0 Å². The van der Waals surface area contributed by atoms with Gasteiger partial charge in [-0.25, -0.2) is 5.43 Å². The Labute approximate surface area is 139 Å². The van der Waals surface area contributed by atoms with Crippen LogP contribution in [0.5, 0.6) is 0 Å². The van der Waals surface area contributed by atoms with Gasteiger partial charge >= 0.3 is 0 Å². The standard InChI is InChI=1S/C14H9BrClN3O3/c15-11-3-1-2-9(6-11)14(20)18-17-8-10-7-12(19(21)22)4-5-13(10)16/h1-8H,(H,18,20). The fourth-order valence-electron chi connectivity index (χ4n) is 1.60. The van der Waals surface area contributed by atoms with E-state index in [1.807, 2.05) is 0 Å². The van der Waals surface area contributed by atoms with E-state index in [0.717, 1.165) is 4.47 Å². The highest BCUT2D eigenvalue weighted by molar-refractivity contribution is 9.10. The summed E-state index contributed by atoms with van der Waals surface area (Å²) in [5, 5.41) is 14.8. The molecule has 112 valence electrons. The van der Waals surface area contributed by atoms with Gasteiger partial charge in [0.15, 0.2) is 0 Å². The number of benzene rings is 2. The molecule has 0 aliphatic heterocycles. The van der Waals surface area contributed by atoms with E-state index < -0.39 is 10.8 Å². The normalized spacial score (nSPS) is 10.6. The van der Waals surface area contributed by atoms with E-state index in [1.165, 1.54) is 24.4 Å². The first-order valence-corrected chi connectivity index (χ1v) is 7.17. The number of amides is 1. The van der Waals surface area contributed by atoms with Gasteiger partial charge in [-0.15, -0.1) is 0 Å². The van der Waals surface area contributed by atoms with Crippen LogP contribution < -0.4 is 5.43 Å². The Bertz CT molecular complexity index is 765. The first kappa shape index (κ1) is 16.1. The van der Waals surface area contributed by atoms with Crippen molar-refractivity contribution in [2.45, 2.75) is 0 Å². The molecular formula is C14H9BrClN3O3. The summed E-state index contributed by atoms with van der Waals surface area (Å²) < 4.78 is 0.769. The lowest BCUT2D eigenvalue weighted by molar-refractivity contribution is -0.384. The number of hydrazone groups is 1. The average molecular weight is 383 g/mol. The molecule has 0 heterocycles. The number of halogens is 2. The molecule has 2 aromatic carbocycles. The minimum Gasteiger partial charge on any atom is -0.267 e. The molecule has 0 aromatic heterocycles. The molecule has 1 N–H and O–H groups in total. The topological polar surface area (TPSA) is 84.6 Å². The fraction of sp³-hybridized carbons (Fsp3) is 0. The van der Waals surface area contributed by atoms with Crippen LogP contribution in [0.4, 0.5) is 5.69 Å². The molecule has 0 fully saturated rings. The van der Waals surface area contributed by atoms with Gasteiger partial charge in [-0.3, -0.25) is 14.9 Å². The molecule has 22 heavy (non-hydrogen) atoms. The summed E-state index contributed by atoms with van der Waals surface area (Å²) in [4.78, 5) is 22.0. The number of carbonyl (C=O) groups is 1. The summed E-state index contributed by atoms with van der Waals surface area (Å²) >= 11 is 9.19. The Kier molecular flexibility index (Phi) is 5.24. The van der Waals surface area contributed by atoms with Crippen molar-refractivity contribution in [3.05, 3.63) is 73.2 Å². The number of hydrogen-bond donors (Lipinski definition) is 1. The molecule has 8 heteroatoms. The number of nitrogens with one attached hydrogen (secondary N) is 1. The Morgan fingerprint density at radius 2 is 2.09 bits per heavy atom. The monoisotopic (exact) mass is 381 g/mol. The van der Waals surface area contributed by atoms with Gasteiger partial charge in [-0.05, 0) is 24.3 Å². The number of carbonyl (C=O) groups excluding carboxylic acids is 1. The van der Waals surface area contributed by atoms with Crippen LogP contribution in [0.2, 0.25) is 5.02 Å². The molecule has 2 rings (SSSR count). The van der Waals surface area contributed by atoms with Crippen LogP contribution in [0.25, 0.3) is 0 Å². The predicted molar refractivity (Wildman–Crippen MR) is 87.3 cm³/mol. The van der Waals surface area contributed by atoms with Crippen LogP contribution in [0, 0.1) is 10.1 Å². The molecule has 0 saturated heterocycles. The molecule has 0 saturated carbocycles. The Morgan fingerprint density at radius 1 is 1.32 bits per heavy atom. The van der Waals surface area contributed by atoms with Gasteiger partial charge in [-0.1, -0.05) is 33.6 Å². The van der Waals surface area contributed by atoms with Crippen molar-refractivity contribution in [1.82, 2.24) is 5.43 Å². The van der Waals surface area contributed by atoms with Crippen LogP contribution in [-0.2, 0) is 0 Å². The molecule has 0 bridgehead atoms. The van der Waals surface area contributed by atoms with Crippen LogP contribution in [-0.4, -0.2) is 17.0 Å². The summed E-state index contributed by atoms with van der Waals surface area (Å²) in [5.74, 6) is -0.404. The lowest BCUT2D eigenvalue weighted by Crippen LogP contribution is -2.17. The third-order valence-corrected chi connectivity index (χ3v) is 3.48. The van der Waals surface area contributed by atoms with Crippen molar-refractivity contribution in [1.29, 1.82) is 0 Å². The molecule has 0 aliphatic rings. The van der Waals surface area contributed by atoms with Gasteiger partial charge in [0.25, 0.3) is 11.6 Å². The largest absolute Gasteiger partial charge is 0.271 e. The fourth-order valence-corrected chi connectivity index (χ4v) is 2.16. The first-order chi connectivity index (χ1) is 10.5. The van der Waals surface area contributed by atoms with Crippen molar-refractivity contribution in [2.75, 3.05) is 0 Å².